The van der Waals surface area contributed by atoms with Crippen molar-refractivity contribution in [1.82, 2.24) is 9.97 Å². The molecular formula is C22H22N4O3. The normalized spacial score (nSPS) is 17.3. The highest BCUT2D eigenvalue weighted by atomic mass is 16.7. The lowest BCUT2D eigenvalue weighted by Gasteiger charge is -2.14. The van der Waals surface area contributed by atoms with E-state index in [-0.39, 0.29) is 12.9 Å². The van der Waals surface area contributed by atoms with Gasteiger partial charge in [0.15, 0.2) is 17.3 Å². The predicted octanol–water partition coefficient (Wildman–Crippen LogP) is 4.21. The lowest BCUT2D eigenvalue weighted by Crippen LogP contribution is -2.19. The van der Waals surface area contributed by atoms with E-state index in [1.165, 1.54) is 0 Å². The number of fused-ring (bicyclic) bond motifs is 1. The van der Waals surface area contributed by atoms with E-state index in [0.29, 0.717) is 11.6 Å². The van der Waals surface area contributed by atoms with Gasteiger partial charge in [-0.05, 0) is 25.0 Å². The first-order valence-corrected chi connectivity index (χ1v) is 9.80. The van der Waals surface area contributed by atoms with Gasteiger partial charge in [0.25, 0.3) is 0 Å². The summed E-state index contributed by atoms with van der Waals surface area (Å²) in [5.74, 6) is 3.60. The topological polar surface area (TPSA) is 77.5 Å². The molecule has 3 aromatic rings. The van der Waals surface area contributed by atoms with Crippen LogP contribution in [0.3, 0.4) is 0 Å². The van der Waals surface area contributed by atoms with Crippen molar-refractivity contribution in [2.45, 2.75) is 18.9 Å². The van der Waals surface area contributed by atoms with E-state index in [2.05, 4.69) is 10.6 Å². The molecule has 1 aromatic heterocycles. The molecule has 1 atom stereocenters. The van der Waals surface area contributed by atoms with Crippen LogP contribution in [0.25, 0.3) is 11.4 Å². The quantitative estimate of drug-likeness (QED) is 0.653. The molecule has 2 aliphatic heterocycles. The van der Waals surface area contributed by atoms with Gasteiger partial charge >= 0.3 is 0 Å². The fourth-order valence-electron chi connectivity index (χ4n) is 3.46. The van der Waals surface area contributed by atoms with Crippen LogP contribution in [0.15, 0.2) is 54.6 Å². The third-order valence-electron chi connectivity index (χ3n) is 4.94. The average Bonchev–Trinajstić information content (AvgIpc) is 3.44. The first-order valence-electron chi connectivity index (χ1n) is 9.80. The van der Waals surface area contributed by atoms with Crippen LogP contribution in [0.4, 0.5) is 17.3 Å². The predicted molar refractivity (Wildman–Crippen MR) is 111 cm³/mol. The molecule has 148 valence electrons. The van der Waals surface area contributed by atoms with Gasteiger partial charge in [0, 0.05) is 36.5 Å². The summed E-state index contributed by atoms with van der Waals surface area (Å²) in [6, 6.07) is 17.6. The SMILES string of the molecule is c1ccc(-c2nc(NCC3CCCO3)cc(Nc3ccc4c(c3)OCO4)n2)cc1. The zero-order chi connectivity index (χ0) is 19.5. The van der Waals surface area contributed by atoms with Crippen LogP contribution < -0.4 is 20.1 Å². The highest BCUT2D eigenvalue weighted by Crippen LogP contribution is 2.35. The molecule has 7 nitrogen and oxygen atoms in total. The molecule has 0 saturated carbocycles. The highest BCUT2D eigenvalue weighted by molar-refractivity contribution is 5.67. The minimum atomic E-state index is 0.232. The van der Waals surface area contributed by atoms with E-state index in [0.717, 1.165) is 54.6 Å². The molecule has 3 heterocycles. The maximum atomic E-state index is 5.71. The Morgan fingerprint density at radius 2 is 1.79 bits per heavy atom. The van der Waals surface area contributed by atoms with Gasteiger partial charge in [-0.2, -0.15) is 0 Å². The zero-order valence-electron chi connectivity index (χ0n) is 15.9. The summed E-state index contributed by atoms with van der Waals surface area (Å²) in [6.45, 7) is 1.82. The van der Waals surface area contributed by atoms with Gasteiger partial charge in [0.1, 0.15) is 11.6 Å². The monoisotopic (exact) mass is 390 g/mol. The van der Waals surface area contributed by atoms with Gasteiger partial charge in [-0.3, -0.25) is 0 Å². The van der Waals surface area contributed by atoms with E-state index < -0.39 is 0 Å². The van der Waals surface area contributed by atoms with Gasteiger partial charge in [-0.25, -0.2) is 9.97 Å². The summed E-state index contributed by atoms with van der Waals surface area (Å²) in [6.07, 6.45) is 2.42. The Bertz CT molecular complexity index is 991. The fourth-order valence-corrected chi connectivity index (χ4v) is 3.46. The Hall–Kier alpha value is -3.32. The first-order chi connectivity index (χ1) is 14.3. The molecule has 0 bridgehead atoms. The molecule has 29 heavy (non-hydrogen) atoms. The summed E-state index contributed by atoms with van der Waals surface area (Å²) < 4.78 is 16.6. The maximum absolute atomic E-state index is 5.71. The largest absolute Gasteiger partial charge is 0.454 e. The van der Waals surface area contributed by atoms with Crippen LogP contribution in [0.1, 0.15) is 12.8 Å². The van der Waals surface area contributed by atoms with Crippen LogP contribution >= 0.6 is 0 Å². The average molecular weight is 390 g/mol. The van der Waals surface area contributed by atoms with Crippen LogP contribution in [-0.4, -0.2) is 36.0 Å². The van der Waals surface area contributed by atoms with Gasteiger partial charge in [-0.1, -0.05) is 30.3 Å². The van der Waals surface area contributed by atoms with Gasteiger partial charge in [0.05, 0.1) is 6.10 Å². The molecule has 0 spiro atoms. The molecule has 1 saturated heterocycles. The van der Waals surface area contributed by atoms with Crippen LogP contribution in [0, 0.1) is 0 Å². The molecule has 0 aliphatic carbocycles. The van der Waals surface area contributed by atoms with Crippen molar-refractivity contribution >= 4 is 17.3 Å². The van der Waals surface area contributed by atoms with Gasteiger partial charge < -0.3 is 24.8 Å². The fraction of sp³-hybridized carbons (Fsp3) is 0.273. The molecule has 1 unspecified atom stereocenters. The third-order valence-corrected chi connectivity index (χ3v) is 4.94. The van der Waals surface area contributed by atoms with Gasteiger partial charge in [0.2, 0.25) is 6.79 Å². The molecule has 2 aliphatic rings. The third kappa shape index (κ3) is 4.09. The van der Waals surface area contributed by atoms with E-state index in [1.807, 2.05) is 54.6 Å². The maximum Gasteiger partial charge on any atom is 0.231 e. The molecule has 2 aromatic carbocycles. The minimum absolute atomic E-state index is 0.232. The Balaban J connectivity index is 1.42. The van der Waals surface area contributed by atoms with Crippen molar-refractivity contribution in [1.29, 1.82) is 0 Å². The summed E-state index contributed by atoms with van der Waals surface area (Å²) in [7, 11) is 0. The molecule has 1 fully saturated rings. The lowest BCUT2D eigenvalue weighted by molar-refractivity contribution is 0.120. The van der Waals surface area contributed by atoms with Crippen molar-refractivity contribution in [3.63, 3.8) is 0 Å². The Morgan fingerprint density at radius 1 is 0.931 bits per heavy atom. The van der Waals surface area contributed by atoms with Crippen molar-refractivity contribution in [3.05, 3.63) is 54.6 Å². The van der Waals surface area contributed by atoms with Crippen molar-refractivity contribution in [3.8, 4) is 22.9 Å². The number of nitrogens with zero attached hydrogens (tertiary/aromatic N) is 2. The Kier molecular flexibility index (Phi) is 4.88. The molecule has 2 N–H and O–H groups in total. The molecular weight excluding hydrogens is 368 g/mol. The Labute approximate surface area is 169 Å². The first kappa shape index (κ1) is 17.8. The summed E-state index contributed by atoms with van der Waals surface area (Å²) >= 11 is 0. The number of rotatable bonds is 6. The number of ether oxygens (including phenoxy) is 3. The molecule has 5 rings (SSSR count). The second-order valence-electron chi connectivity index (χ2n) is 7.04. The molecule has 7 heteroatoms. The zero-order valence-corrected chi connectivity index (χ0v) is 15.9. The summed E-state index contributed by atoms with van der Waals surface area (Å²) in [5.41, 5.74) is 1.83. The van der Waals surface area contributed by atoms with E-state index in [9.17, 15) is 0 Å². The van der Waals surface area contributed by atoms with E-state index in [4.69, 9.17) is 24.2 Å². The smallest absolute Gasteiger partial charge is 0.231 e. The number of aromatic nitrogens is 2. The number of hydrogen-bond acceptors (Lipinski definition) is 7. The minimum Gasteiger partial charge on any atom is -0.454 e. The lowest BCUT2D eigenvalue weighted by atomic mass is 10.2. The number of nitrogens with one attached hydrogen (secondary N) is 2. The summed E-state index contributed by atoms with van der Waals surface area (Å²) in [5, 5.41) is 6.76. The summed E-state index contributed by atoms with van der Waals surface area (Å²) in [4.78, 5) is 9.41. The number of anilines is 3. The molecule has 0 amide bonds. The molecule has 0 radical (unpaired) electrons. The van der Waals surface area contributed by atoms with E-state index >= 15 is 0 Å². The van der Waals surface area contributed by atoms with Crippen molar-refractivity contribution < 1.29 is 14.2 Å². The number of hydrogen-bond donors (Lipinski definition) is 2. The van der Waals surface area contributed by atoms with Crippen molar-refractivity contribution in [2.75, 3.05) is 30.6 Å². The van der Waals surface area contributed by atoms with Gasteiger partial charge in [-0.15, -0.1) is 0 Å². The number of benzene rings is 2. The second kappa shape index (κ2) is 7.97. The van der Waals surface area contributed by atoms with Crippen LogP contribution in [0.5, 0.6) is 11.5 Å². The second-order valence-corrected chi connectivity index (χ2v) is 7.04. The highest BCUT2D eigenvalue weighted by Gasteiger charge is 2.17. The van der Waals surface area contributed by atoms with E-state index in [1.54, 1.807) is 0 Å². The Morgan fingerprint density at radius 3 is 2.66 bits per heavy atom. The van der Waals surface area contributed by atoms with Crippen LogP contribution in [-0.2, 0) is 4.74 Å². The standard InChI is InChI=1S/C22H22N4O3/c1-2-5-15(6-3-1)22-25-20(23-13-17-7-4-10-27-17)12-21(26-22)24-16-8-9-18-19(11-16)29-14-28-18/h1-3,5-6,8-9,11-12,17H,4,7,10,13-14H2,(H2,23,24,25,26). The van der Waals surface area contributed by atoms with Crippen LogP contribution in [0.2, 0.25) is 0 Å². The van der Waals surface area contributed by atoms with Crippen molar-refractivity contribution in [2.24, 2.45) is 0 Å².